The Kier molecular flexibility index (Phi) is 5.68. The highest BCUT2D eigenvalue weighted by atomic mass is 19.4. The summed E-state index contributed by atoms with van der Waals surface area (Å²) in [6.07, 6.45) is -4.38. The van der Waals surface area contributed by atoms with Crippen LogP contribution < -0.4 is 0 Å². The molecule has 156 valence electrons. The van der Waals surface area contributed by atoms with Gasteiger partial charge in [0.15, 0.2) is 0 Å². The molecule has 0 atom stereocenters. The van der Waals surface area contributed by atoms with Crippen LogP contribution in [0.1, 0.15) is 32.9 Å². The third-order valence-electron chi connectivity index (χ3n) is 5.37. The van der Waals surface area contributed by atoms with Gasteiger partial charge in [-0.2, -0.15) is 18.3 Å². The Morgan fingerprint density at radius 2 is 1.62 bits per heavy atom. The molecule has 29 heavy (non-hydrogen) atoms. The zero-order chi connectivity index (χ0) is 21.3. The predicted octanol–water partition coefficient (Wildman–Crippen LogP) is 2.58. The summed E-state index contributed by atoms with van der Waals surface area (Å²) < 4.78 is 41.3. The van der Waals surface area contributed by atoms with Crippen LogP contribution in [-0.4, -0.2) is 57.6 Å². The van der Waals surface area contributed by atoms with Crippen molar-refractivity contribution in [2.24, 2.45) is 7.05 Å². The molecule has 1 aromatic heterocycles. The number of piperazine rings is 1. The number of alkyl halides is 3. The fourth-order valence-electron chi connectivity index (χ4n) is 3.58. The van der Waals surface area contributed by atoms with Gasteiger partial charge in [0.2, 0.25) is 5.91 Å². The van der Waals surface area contributed by atoms with Gasteiger partial charge in [0, 0.05) is 44.5 Å². The van der Waals surface area contributed by atoms with E-state index in [1.54, 1.807) is 9.58 Å². The first-order valence-corrected chi connectivity index (χ1v) is 9.32. The first-order valence-electron chi connectivity index (χ1n) is 9.32. The number of benzene rings is 1. The average Bonchev–Trinajstić information content (AvgIpc) is 2.93. The number of aryl methyl sites for hydroxylation is 2. The first-order chi connectivity index (χ1) is 13.6. The lowest BCUT2D eigenvalue weighted by molar-refractivity contribution is -0.138. The van der Waals surface area contributed by atoms with Crippen LogP contribution in [0.2, 0.25) is 0 Å². The Morgan fingerprint density at radius 1 is 1.03 bits per heavy atom. The molecule has 2 heterocycles. The SMILES string of the molecule is Cc1nn(C)c(C)c1CC(=O)N1CCN(C(=O)c2ccccc2C(F)(F)F)CC1. The molecule has 1 aliphatic rings. The van der Waals surface area contributed by atoms with Gasteiger partial charge in [0.1, 0.15) is 0 Å². The van der Waals surface area contributed by atoms with Crippen molar-refractivity contribution < 1.29 is 22.8 Å². The number of hydrogen-bond donors (Lipinski definition) is 0. The Hall–Kier alpha value is -2.84. The summed E-state index contributed by atoms with van der Waals surface area (Å²) >= 11 is 0. The molecule has 1 aliphatic heterocycles. The Bertz CT molecular complexity index is 928. The van der Waals surface area contributed by atoms with E-state index >= 15 is 0 Å². The molecule has 9 heteroatoms. The predicted molar refractivity (Wildman–Crippen MR) is 100 cm³/mol. The molecule has 0 bridgehead atoms. The van der Waals surface area contributed by atoms with E-state index in [1.165, 1.54) is 23.1 Å². The lowest BCUT2D eigenvalue weighted by atomic mass is 10.1. The van der Waals surface area contributed by atoms with Crippen LogP contribution in [0.25, 0.3) is 0 Å². The fraction of sp³-hybridized carbons (Fsp3) is 0.450. The molecule has 1 saturated heterocycles. The van der Waals surface area contributed by atoms with Crippen molar-refractivity contribution in [1.82, 2.24) is 19.6 Å². The van der Waals surface area contributed by atoms with Crippen LogP contribution in [0, 0.1) is 13.8 Å². The summed E-state index contributed by atoms with van der Waals surface area (Å²) in [5.41, 5.74) is 1.31. The van der Waals surface area contributed by atoms with Crippen molar-refractivity contribution in [2.45, 2.75) is 26.4 Å². The number of amides is 2. The summed E-state index contributed by atoms with van der Waals surface area (Å²) in [7, 11) is 1.82. The topological polar surface area (TPSA) is 58.4 Å². The third-order valence-corrected chi connectivity index (χ3v) is 5.37. The minimum absolute atomic E-state index is 0.0769. The normalized spacial score (nSPS) is 15.0. The number of hydrogen-bond acceptors (Lipinski definition) is 3. The maximum Gasteiger partial charge on any atom is 0.417 e. The largest absolute Gasteiger partial charge is 0.417 e. The summed E-state index contributed by atoms with van der Waals surface area (Å²) in [6, 6.07) is 4.78. The number of halogens is 3. The molecule has 0 spiro atoms. The summed E-state index contributed by atoms with van der Waals surface area (Å²) in [6.45, 7) is 4.72. The monoisotopic (exact) mass is 408 g/mol. The first kappa shape index (κ1) is 20.9. The Morgan fingerprint density at radius 3 is 2.17 bits per heavy atom. The van der Waals surface area contributed by atoms with Crippen LogP contribution in [-0.2, 0) is 24.4 Å². The van der Waals surface area contributed by atoms with E-state index in [4.69, 9.17) is 0 Å². The van der Waals surface area contributed by atoms with Gasteiger partial charge in [-0.1, -0.05) is 12.1 Å². The molecule has 0 aliphatic carbocycles. The van der Waals surface area contributed by atoms with Gasteiger partial charge in [-0.05, 0) is 26.0 Å². The quantitative estimate of drug-likeness (QED) is 0.785. The Labute approximate surface area is 166 Å². The summed E-state index contributed by atoms with van der Waals surface area (Å²) in [4.78, 5) is 28.3. The van der Waals surface area contributed by atoms with Crippen molar-refractivity contribution >= 4 is 11.8 Å². The van der Waals surface area contributed by atoms with E-state index in [-0.39, 0.29) is 44.1 Å². The molecular formula is C20H23F3N4O2. The lowest BCUT2D eigenvalue weighted by Crippen LogP contribution is -2.51. The highest BCUT2D eigenvalue weighted by Gasteiger charge is 2.36. The molecule has 6 nitrogen and oxygen atoms in total. The van der Waals surface area contributed by atoms with Crippen molar-refractivity contribution in [3.05, 3.63) is 52.3 Å². The zero-order valence-corrected chi connectivity index (χ0v) is 16.6. The van der Waals surface area contributed by atoms with Crippen LogP contribution >= 0.6 is 0 Å². The van der Waals surface area contributed by atoms with Crippen LogP contribution in [0.15, 0.2) is 24.3 Å². The number of aromatic nitrogens is 2. The minimum Gasteiger partial charge on any atom is -0.339 e. The van der Waals surface area contributed by atoms with Crippen molar-refractivity contribution in [1.29, 1.82) is 0 Å². The second-order valence-corrected chi connectivity index (χ2v) is 7.17. The van der Waals surface area contributed by atoms with Crippen molar-refractivity contribution in [3.63, 3.8) is 0 Å². The smallest absolute Gasteiger partial charge is 0.339 e. The number of carbonyl (C=O) groups excluding carboxylic acids is 2. The minimum atomic E-state index is -4.59. The lowest BCUT2D eigenvalue weighted by Gasteiger charge is -2.35. The molecule has 1 aromatic carbocycles. The van der Waals surface area contributed by atoms with E-state index in [1.807, 2.05) is 20.9 Å². The standard InChI is InChI=1S/C20H23F3N4O2/c1-13-16(14(2)25(3)24-13)12-18(28)26-8-10-27(11-9-26)19(29)15-6-4-5-7-17(15)20(21,22)23/h4-7H,8-12H2,1-3H3. The van der Waals surface area contributed by atoms with Gasteiger partial charge >= 0.3 is 6.18 Å². The van der Waals surface area contributed by atoms with Gasteiger partial charge in [-0.3, -0.25) is 14.3 Å². The number of carbonyl (C=O) groups is 2. The molecule has 2 aromatic rings. The number of rotatable bonds is 3. The highest BCUT2D eigenvalue weighted by molar-refractivity contribution is 5.96. The van der Waals surface area contributed by atoms with E-state index in [2.05, 4.69) is 5.10 Å². The molecule has 0 radical (unpaired) electrons. The van der Waals surface area contributed by atoms with Gasteiger partial charge in [0.05, 0.1) is 23.2 Å². The third kappa shape index (κ3) is 4.28. The van der Waals surface area contributed by atoms with Gasteiger partial charge in [-0.15, -0.1) is 0 Å². The number of nitrogens with zero attached hydrogens (tertiary/aromatic N) is 4. The molecule has 0 N–H and O–H groups in total. The van der Waals surface area contributed by atoms with Crippen LogP contribution in [0.5, 0.6) is 0 Å². The van der Waals surface area contributed by atoms with E-state index in [0.717, 1.165) is 23.0 Å². The van der Waals surface area contributed by atoms with Gasteiger partial charge in [0.25, 0.3) is 5.91 Å². The molecule has 3 rings (SSSR count). The average molecular weight is 408 g/mol. The van der Waals surface area contributed by atoms with E-state index in [0.29, 0.717) is 0 Å². The summed E-state index contributed by atoms with van der Waals surface area (Å²) in [5.74, 6) is -0.740. The molecule has 0 saturated carbocycles. The maximum atomic E-state index is 13.2. The molecular weight excluding hydrogens is 385 g/mol. The van der Waals surface area contributed by atoms with Crippen molar-refractivity contribution in [2.75, 3.05) is 26.2 Å². The Balaban J connectivity index is 1.65. The second-order valence-electron chi connectivity index (χ2n) is 7.17. The van der Waals surface area contributed by atoms with Crippen molar-refractivity contribution in [3.8, 4) is 0 Å². The molecule has 0 unspecified atom stereocenters. The molecule has 2 amide bonds. The van der Waals surface area contributed by atoms with Crippen LogP contribution in [0.3, 0.4) is 0 Å². The van der Waals surface area contributed by atoms with E-state index in [9.17, 15) is 22.8 Å². The fourth-order valence-corrected chi connectivity index (χ4v) is 3.58. The zero-order valence-electron chi connectivity index (χ0n) is 16.6. The van der Waals surface area contributed by atoms with Gasteiger partial charge in [-0.25, -0.2) is 0 Å². The second kappa shape index (κ2) is 7.88. The van der Waals surface area contributed by atoms with Crippen LogP contribution in [0.4, 0.5) is 13.2 Å². The highest BCUT2D eigenvalue weighted by Crippen LogP contribution is 2.32. The molecule has 1 fully saturated rings. The summed E-state index contributed by atoms with van der Waals surface area (Å²) in [5, 5.41) is 4.31. The van der Waals surface area contributed by atoms with E-state index < -0.39 is 17.6 Å². The maximum absolute atomic E-state index is 13.2. The van der Waals surface area contributed by atoms with Gasteiger partial charge < -0.3 is 9.80 Å².